The molecule has 6 heteroatoms. The van der Waals surface area contributed by atoms with Gasteiger partial charge >= 0.3 is 5.97 Å². The first-order valence-electron chi connectivity index (χ1n) is 7.20. The Morgan fingerprint density at radius 3 is 2.71 bits per heavy atom. The molecule has 0 atom stereocenters. The molecule has 0 aliphatic carbocycles. The fourth-order valence-corrected chi connectivity index (χ4v) is 2.34. The summed E-state index contributed by atoms with van der Waals surface area (Å²) in [6, 6.07) is 16.1. The van der Waals surface area contributed by atoms with E-state index in [2.05, 4.69) is 10.1 Å². The summed E-state index contributed by atoms with van der Waals surface area (Å²) >= 11 is 0. The van der Waals surface area contributed by atoms with Crippen LogP contribution in [-0.2, 0) is 0 Å². The summed E-state index contributed by atoms with van der Waals surface area (Å²) in [7, 11) is 0. The number of ether oxygens (including phenoxy) is 1. The highest BCUT2D eigenvalue weighted by Gasteiger charge is 2.12. The molecule has 24 heavy (non-hydrogen) atoms. The highest BCUT2D eigenvalue weighted by atomic mass is 16.5. The van der Waals surface area contributed by atoms with Gasteiger partial charge in [0.25, 0.3) is 0 Å². The van der Waals surface area contributed by atoms with Crippen molar-refractivity contribution in [3.05, 3.63) is 72.1 Å². The fraction of sp³-hybridized carbons (Fsp3) is 0.0556. The molecule has 0 fully saturated rings. The zero-order chi connectivity index (χ0) is 16.9. The minimum Gasteiger partial charge on any atom is -0.486 e. The van der Waals surface area contributed by atoms with Crippen molar-refractivity contribution in [3.8, 4) is 5.75 Å². The summed E-state index contributed by atoms with van der Waals surface area (Å²) in [5, 5.41) is 23.4. The Morgan fingerprint density at radius 2 is 1.92 bits per heavy atom. The number of carboxylic acid groups (broad SMARTS) is 1. The molecule has 6 nitrogen and oxygen atoms in total. The summed E-state index contributed by atoms with van der Waals surface area (Å²) in [6.07, 6.45) is 1.35. The van der Waals surface area contributed by atoms with Gasteiger partial charge in [0.1, 0.15) is 18.1 Å². The van der Waals surface area contributed by atoms with Crippen molar-refractivity contribution in [2.75, 3.05) is 6.61 Å². The van der Waals surface area contributed by atoms with Crippen LogP contribution in [0.2, 0.25) is 0 Å². The van der Waals surface area contributed by atoms with Crippen molar-refractivity contribution in [1.82, 2.24) is 4.98 Å². The van der Waals surface area contributed by atoms with Gasteiger partial charge in [-0.25, -0.2) is 4.79 Å². The second kappa shape index (κ2) is 6.78. The zero-order valence-corrected chi connectivity index (χ0v) is 12.6. The number of aromatic carboxylic acids is 1. The van der Waals surface area contributed by atoms with E-state index in [1.165, 1.54) is 18.3 Å². The van der Waals surface area contributed by atoms with E-state index in [9.17, 15) is 10.0 Å². The normalized spacial score (nSPS) is 11.4. The highest BCUT2D eigenvalue weighted by molar-refractivity contribution is 6.01. The summed E-state index contributed by atoms with van der Waals surface area (Å²) < 4.78 is 5.75. The van der Waals surface area contributed by atoms with Crippen molar-refractivity contribution >= 4 is 22.5 Å². The Bertz CT molecular complexity index is 916. The van der Waals surface area contributed by atoms with Crippen LogP contribution in [0.3, 0.4) is 0 Å². The molecule has 1 heterocycles. The van der Waals surface area contributed by atoms with Crippen LogP contribution in [0.15, 0.2) is 65.9 Å². The van der Waals surface area contributed by atoms with Gasteiger partial charge in [-0.05, 0) is 23.6 Å². The van der Waals surface area contributed by atoms with Crippen molar-refractivity contribution < 1.29 is 19.8 Å². The van der Waals surface area contributed by atoms with Gasteiger partial charge in [-0.1, -0.05) is 41.6 Å². The molecular formula is C18H14N2O4. The summed E-state index contributed by atoms with van der Waals surface area (Å²) in [4.78, 5) is 15.1. The Kier molecular flexibility index (Phi) is 4.38. The molecule has 0 amide bonds. The summed E-state index contributed by atoms with van der Waals surface area (Å²) in [6.45, 7) is -0.0411. The monoisotopic (exact) mass is 322 g/mol. The standard InChI is InChI=1S/C18H14N2O4/c21-18(22)13-8-9-19-15(10-13)16(20-23)11-24-17-7-3-5-12-4-1-2-6-14(12)17/h1-10,23H,11H2,(H,21,22)/b20-16+. The first-order valence-corrected chi connectivity index (χ1v) is 7.20. The van der Waals surface area contributed by atoms with E-state index in [1.54, 1.807) is 0 Å². The average molecular weight is 322 g/mol. The second-order valence-electron chi connectivity index (χ2n) is 5.05. The van der Waals surface area contributed by atoms with Crippen LogP contribution in [0.4, 0.5) is 0 Å². The third-order valence-corrected chi connectivity index (χ3v) is 3.54. The van der Waals surface area contributed by atoms with Crippen LogP contribution >= 0.6 is 0 Å². The molecule has 120 valence electrons. The molecule has 0 saturated carbocycles. The Labute approximate surface area is 137 Å². The fourth-order valence-electron chi connectivity index (χ4n) is 2.34. The Balaban J connectivity index is 1.84. The number of benzene rings is 2. The average Bonchev–Trinajstić information content (AvgIpc) is 2.62. The molecule has 0 bridgehead atoms. The largest absolute Gasteiger partial charge is 0.486 e. The molecule has 0 spiro atoms. The van der Waals surface area contributed by atoms with Gasteiger partial charge < -0.3 is 15.1 Å². The molecule has 3 rings (SSSR count). The number of rotatable bonds is 5. The molecule has 3 aromatic rings. The van der Waals surface area contributed by atoms with Gasteiger partial charge in [0.15, 0.2) is 0 Å². The number of carboxylic acids is 1. The van der Waals surface area contributed by atoms with E-state index in [0.717, 1.165) is 10.8 Å². The smallest absolute Gasteiger partial charge is 0.335 e. The predicted octanol–water partition coefficient (Wildman–Crippen LogP) is 3.19. The van der Waals surface area contributed by atoms with Crippen LogP contribution < -0.4 is 4.74 Å². The highest BCUT2D eigenvalue weighted by Crippen LogP contribution is 2.25. The number of hydrogen-bond acceptors (Lipinski definition) is 5. The first-order chi connectivity index (χ1) is 11.7. The van der Waals surface area contributed by atoms with Crippen LogP contribution in [0, 0.1) is 0 Å². The quantitative estimate of drug-likeness (QED) is 0.427. The number of hydrogen-bond donors (Lipinski definition) is 2. The second-order valence-corrected chi connectivity index (χ2v) is 5.05. The lowest BCUT2D eigenvalue weighted by Gasteiger charge is -2.10. The van der Waals surface area contributed by atoms with Gasteiger partial charge in [-0.15, -0.1) is 0 Å². The predicted molar refractivity (Wildman–Crippen MR) is 89.0 cm³/mol. The van der Waals surface area contributed by atoms with Crippen molar-refractivity contribution in [2.24, 2.45) is 5.16 Å². The number of aromatic nitrogens is 1. The molecule has 1 aromatic heterocycles. The number of oxime groups is 1. The lowest BCUT2D eigenvalue weighted by molar-refractivity contribution is 0.0696. The molecule has 0 aliphatic heterocycles. The summed E-state index contributed by atoms with van der Waals surface area (Å²) in [5.41, 5.74) is 0.454. The maximum atomic E-state index is 11.0. The van der Waals surface area contributed by atoms with Crippen LogP contribution in [-0.4, -0.2) is 33.6 Å². The van der Waals surface area contributed by atoms with Gasteiger partial charge in [0, 0.05) is 11.6 Å². The van der Waals surface area contributed by atoms with Crippen molar-refractivity contribution in [3.63, 3.8) is 0 Å². The lowest BCUT2D eigenvalue weighted by atomic mass is 10.1. The van der Waals surface area contributed by atoms with E-state index >= 15 is 0 Å². The van der Waals surface area contributed by atoms with Gasteiger partial charge in [0.2, 0.25) is 0 Å². The molecule has 2 N–H and O–H groups in total. The molecule has 0 saturated heterocycles. The van der Waals surface area contributed by atoms with Gasteiger partial charge in [-0.2, -0.15) is 0 Å². The zero-order valence-electron chi connectivity index (χ0n) is 12.6. The van der Waals surface area contributed by atoms with E-state index in [0.29, 0.717) is 5.75 Å². The number of fused-ring (bicyclic) bond motifs is 1. The van der Waals surface area contributed by atoms with Gasteiger partial charge in [-0.3, -0.25) is 4.98 Å². The lowest BCUT2D eigenvalue weighted by Crippen LogP contribution is -2.15. The minimum atomic E-state index is -1.08. The summed E-state index contributed by atoms with van der Waals surface area (Å²) in [5.74, 6) is -0.436. The van der Waals surface area contributed by atoms with Crippen LogP contribution in [0.5, 0.6) is 5.75 Å². The van der Waals surface area contributed by atoms with E-state index in [4.69, 9.17) is 9.84 Å². The molecule has 2 aromatic carbocycles. The molecule has 0 aliphatic rings. The Morgan fingerprint density at radius 1 is 1.12 bits per heavy atom. The molecule has 0 unspecified atom stereocenters. The topological polar surface area (TPSA) is 92.0 Å². The third-order valence-electron chi connectivity index (χ3n) is 3.54. The van der Waals surface area contributed by atoms with E-state index < -0.39 is 5.97 Å². The van der Waals surface area contributed by atoms with Crippen LogP contribution in [0.25, 0.3) is 10.8 Å². The number of pyridine rings is 1. The van der Waals surface area contributed by atoms with Crippen LogP contribution in [0.1, 0.15) is 16.1 Å². The maximum Gasteiger partial charge on any atom is 0.335 e. The van der Waals surface area contributed by atoms with Gasteiger partial charge in [0.05, 0.1) is 11.3 Å². The maximum absolute atomic E-state index is 11.0. The Hall–Kier alpha value is -3.41. The molecular weight excluding hydrogens is 308 g/mol. The number of carbonyl (C=O) groups is 1. The van der Waals surface area contributed by atoms with E-state index in [-0.39, 0.29) is 23.6 Å². The van der Waals surface area contributed by atoms with Crippen molar-refractivity contribution in [2.45, 2.75) is 0 Å². The van der Waals surface area contributed by atoms with Crippen molar-refractivity contribution in [1.29, 1.82) is 0 Å². The SMILES string of the molecule is O=C(O)c1ccnc(/C(COc2cccc3ccccc23)=N/O)c1. The third kappa shape index (κ3) is 3.17. The molecule has 0 radical (unpaired) electrons. The van der Waals surface area contributed by atoms with E-state index in [1.807, 2.05) is 42.5 Å². The minimum absolute atomic E-state index is 0.0411. The number of nitrogens with zero attached hydrogens (tertiary/aromatic N) is 2. The first kappa shape index (κ1) is 15.5.